The molecule has 122 valence electrons. The fourth-order valence-corrected chi connectivity index (χ4v) is 2.42. The maximum atomic E-state index is 12.5. The van der Waals surface area contributed by atoms with Crippen LogP contribution in [0.4, 0.5) is 13.2 Å². The Morgan fingerprint density at radius 1 is 1.19 bits per heavy atom. The Morgan fingerprint density at radius 2 is 1.76 bits per heavy atom. The van der Waals surface area contributed by atoms with Crippen LogP contribution >= 0.6 is 0 Å². The predicted molar refractivity (Wildman–Crippen MR) is 72.5 cm³/mol. The van der Waals surface area contributed by atoms with Gasteiger partial charge in [-0.15, -0.1) is 0 Å². The lowest BCUT2D eigenvalue weighted by Gasteiger charge is -2.43. The molecule has 0 saturated carbocycles. The van der Waals surface area contributed by atoms with Gasteiger partial charge in [0.25, 0.3) is 0 Å². The molecule has 1 fully saturated rings. The second-order valence-electron chi connectivity index (χ2n) is 6.51. The van der Waals surface area contributed by atoms with Crippen molar-refractivity contribution in [1.82, 2.24) is 10.2 Å². The first-order valence-electron chi connectivity index (χ1n) is 7.15. The van der Waals surface area contributed by atoms with E-state index in [9.17, 15) is 22.8 Å². The van der Waals surface area contributed by atoms with Crippen LogP contribution in [-0.4, -0.2) is 41.5 Å². The van der Waals surface area contributed by atoms with Crippen LogP contribution in [-0.2, 0) is 9.59 Å². The lowest BCUT2D eigenvalue weighted by molar-refractivity contribution is -0.160. The van der Waals surface area contributed by atoms with Crippen LogP contribution in [0.2, 0.25) is 0 Å². The summed E-state index contributed by atoms with van der Waals surface area (Å²) in [7, 11) is 0. The number of carbonyl (C=O) groups excluding carboxylic acids is 2. The third-order valence-corrected chi connectivity index (χ3v) is 3.56. The van der Waals surface area contributed by atoms with E-state index in [2.05, 4.69) is 5.32 Å². The molecule has 1 saturated heterocycles. The maximum Gasteiger partial charge on any atom is 0.390 e. The number of nitrogens with one attached hydrogen (secondary N) is 1. The van der Waals surface area contributed by atoms with E-state index in [4.69, 9.17) is 0 Å². The van der Waals surface area contributed by atoms with Crippen molar-refractivity contribution in [2.75, 3.05) is 6.54 Å². The average molecular weight is 308 g/mol. The highest BCUT2D eigenvalue weighted by molar-refractivity contribution is 5.97. The summed E-state index contributed by atoms with van der Waals surface area (Å²) in [4.78, 5) is 25.7. The molecule has 7 heteroatoms. The molecule has 4 nitrogen and oxygen atoms in total. The highest BCUT2D eigenvalue weighted by Crippen LogP contribution is 2.28. The molecule has 0 radical (unpaired) electrons. The summed E-state index contributed by atoms with van der Waals surface area (Å²) in [6.45, 7) is 6.69. The normalized spacial score (nSPS) is 24.2. The zero-order chi connectivity index (χ0) is 16.4. The van der Waals surface area contributed by atoms with Crippen molar-refractivity contribution >= 4 is 11.8 Å². The Bertz CT molecular complexity index is 402. The number of piperazine rings is 1. The Morgan fingerprint density at radius 3 is 2.19 bits per heavy atom. The van der Waals surface area contributed by atoms with Gasteiger partial charge in [-0.2, -0.15) is 13.2 Å². The second-order valence-corrected chi connectivity index (χ2v) is 6.51. The second kappa shape index (κ2) is 6.23. The summed E-state index contributed by atoms with van der Waals surface area (Å²) in [5, 5.41) is 2.66. The van der Waals surface area contributed by atoms with Gasteiger partial charge in [0.1, 0.15) is 12.1 Å². The van der Waals surface area contributed by atoms with Gasteiger partial charge in [-0.05, 0) is 11.8 Å². The Labute approximate surface area is 123 Å². The molecule has 2 atom stereocenters. The van der Waals surface area contributed by atoms with Crippen LogP contribution in [0.1, 0.15) is 47.0 Å². The zero-order valence-corrected chi connectivity index (χ0v) is 12.9. The molecule has 21 heavy (non-hydrogen) atoms. The third-order valence-electron chi connectivity index (χ3n) is 3.56. The quantitative estimate of drug-likeness (QED) is 0.867. The molecule has 1 rings (SSSR count). The minimum absolute atomic E-state index is 0.362. The van der Waals surface area contributed by atoms with Gasteiger partial charge in [0, 0.05) is 6.54 Å². The lowest BCUT2D eigenvalue weighted by Crippen LogP contribution is -2.66. The van der Waals surface area contributed by atoms with Gasteiger partial charge in [-0.3, -0.25) is 9.59 Å². The number of halogens is 3. The molecule has 0 aromatic heterocycles. The van der Waals surface area contributed by atoms with Crippen LogP contribution in [0.15, 0.2) is 0 Å². The molecule has 2 unspecified atom stereocenters. The molecule has 1 N–H and O–H groups in total. The highest BCUT2D eigenvalue weighted by atomic mass is 19.4. The lowest BCUT2D eigenvalue weighted by atomic mass is 9.83. The number of nitrogens with zero attached hydrogens (tertiary/aromatic N) is 1. The van der Waals surface area contributed by atoms with Gasteiger partial charge in [0.2, 0.25) is 11.8 Å². The summed E-state index contributed by atoms with van der Waals surface area (Å²) in [6.07, 6.45) is -4.45. The van der Waals surface area contributed by atoms with Gasteiger partial charge in [-0.1, -0.05) is 34.1 Å². The van der Waals surface area contributed by atoms with Crippen molar-refractivity contribution in [3.05, 3.63) is 0 Å². The number of hydrogen-bond acceptors (Lipinski definition) is 2. The van der Waals surface area contributed by atoms with E-state index in [1.807, 2.05) is 6.92 Å². The minimum atomic E-state index is -4.35. The SMILES string of the molecule is CCCC1C(=O)NC(C(C)(C)C)C(=O)N1CCC(F)(F)F. The zero-order valence-electron chi connectivity index (χ0n) is 12.9. The van der Waals surface area contributed by atoms with Gasteiger partial charge in [-0.25, -0.2) is 0 Å². The maximum absolute atomic E-state index is 12.5. The molecular formula is C14H23F3N2O2. The van der Waals surface area contributed by atoms with Gasteiger partial charge in [0.15, 0.2) is 0 Å². The minimum Gasteiger partial charge on any atom is -0.342 e. The molecule has 0 aromatic rings. The molecule has 1 aliphatic rings. The molecule has 0 aliphatic carbocycles. The molecule has 2 amide bonds. The van der Waals surface area contributed by atoms with Crippen molar-refractivity contribution in [3.8, 4) is 0 Å². The fourth-order valence-electron chi connectivity index (χ4n) is 2.42. The van der Waals surface area contributed by atoms with Gasteiger partial charge >= 0.3 is 6.18 Å². The molecular weight excluding hydrogens is 285 g/mol. The van der Waals surface area contributed by atoms with Crippen LogP contribution in [0.25, 0.3) is 0 Å². The monoisotopic (exact) mass is 308 g/mol. The number of hydrogen-bond donors (Lipinski definition) is 1. The van der Waals surface area contributed by atoms with E-state index >= 15 is 0 Å². The summed E-state index contributed by atoms with van der Waals surface area (Å²) in [5.74, 6) is -0.789. The first kappa shape index (κ1) is 17.8. The Hall–Kier alpha value is -1.27. The molecule has 1 aliphatic heterocycles. The fraction of sp³-hybridized carbons (Fsp3) is 0.857. The molecule has 0 bridgehead atoms. The molecule has 1 heterocycles. The first-order valence-corrected chi connectivity index (χ1v) is 7.15. The van der Waals surface area contributed by atoms with E-state index in [1.165, 1.54) is 0 Å². The van der Waals surface area contributed by atoms with E-state index < -0.39 is 42.5 Å². The predicted octanol–water partition coefficient (Wildman–Crippen LogP) is 2.48. The van der Waals surface area contributed by atoms with Crippen molar-refractivity contribution in [3.63, 3.8) is 0 Å². The van der Waals surface area contributed by atoms with E-state index in [1.54, 1.807) is 20.8 Å². The highest BCUT2D eigenvalue weighted by Gasteiger charge is 2.45. The number of amides is 2. The molecule has 0 spiro atoms. The van der Waals surface area contributed by atoms with Crippen molar-refractivity contribution in [2.24, 2.45) is 5.41 Å². The smallest absolute Gasteiger partial charge is 0.342 e. The Kier molecular flexibility index (Phi) is 5.28. The topological polar surface area (TPSA) is 49.4 Å². The largest absolute Gasteiger partial charge is 0.390 e. The summed E-state index contributed by atoms with van der Waals surface area (Å²) >= 11 is 0. The standard InChI is InChI=1S/C14H23F3N2O2/c1-5-6-9-11(20)18-10(13(2,3)4)12(21)19(9)8-7-14(15,16)17/h9-10H,5-8H2,1-4H3,(H,18,20). The van der Waals surface area contributed by atoms with Crippen molar-refractivity contribution < 1.29 is 22.8 Å². The number of rotatable bonds is 4. The first-order chi connectivity index (χ1) is 9.47. The third kappa shape index (κ3) is 4.61. The van der Waals surface area contributed by atoms with E-state index in [-0.39, 0.29) is 5.91 Å². The summed E-state index contributed by atoms with van der Waals surface area (Å²) in [6, 6.07) is -1.59. The van der Waals surface area contributed by atoms with Crippen molar-refractivity contribution in [1.29, 1.82) is 0 Å². The van der Waals surface area contributed by atoms with Crippen LogP contribution in [0.5, 0.6) is 0 Å². The Balaban J connectivity index is 2.98. The summed E-state index contributed by atoms with van der Waals surface area (Å²) in [5.41, 5.74) is -0.541. The van der Waals surface area contributed by atoms with Gasteiger partial charge in [0.05, 0.1) is 6.42 Å². The molecule has 0 aromatic carbocycles. The average Bonchev–Trinajstić information content (AvgIpc) is 2.30. The van der Waals surface area contributed by atoms with Crippen LogP contribution in [0, 0.1) is 5.41 Å². The number of carbonyl (C=O) groups is 2. The van der Waals surface area contributed by atoms with Crippen LogP contribution in [0.3, 0.4) is 0 Å². The summed E-state index contributed by atoms with van der Waals surface area (Å²) < 4.78 is 37.3. The van der Waals surface area contributed by atoms with Crippen LogP contribution < -0.4 is 5.32 Å². The van der Waals surface area contributed by atoms with Crippen molar-refractivity contribution in [2.45, 2.75) is 65.2 Å². The van der Waals surface area contributed by atoms with Gasteiger partial charge < -0.3 is 10.2 Å². The number of alkyl halides is 3. The van der Waals surface area contributed by atoms with E-state index in [0.29, 0.717) is 12.8 Å². The van der Waals surface area contributed by atoms with E-state index in [0.717, 1.165) is 4.90 Å².